The highest BCUT2D eigenvalue weighted by Gasteiger charge is 2.38. The molecule has 1 heterocycles. The lowest BCUT2D eigenvalue weighted by atomic mass is 10.2. The summed E-state index contributed by atoms with van der Waals surface area (Å²) in [5.74, 6) is -3.55. The molecule has 0 bridgehead atoms. The molecule has 0 aliphatic heterocycles. The van der Waals surface area contributed by atoms with E-state index in [1.807, 2.05) is 0 Å². The van der Waals surface area contributed by atoms with E-state index in [4.69, 9.17) is 0 Å². The molecular weight excluding hydrogens is 274 g/mol. The van der Waals surface area contributed by atoms with Crippen molar-refractivity contribution in [2.24, 2.45) is 0 Å². The summed E-state index contributed by atoms with van der Waals surface area (Å²) in [6.45, 7) is 0. The van der Waals surface area contributed by atoms with E-state index in [2.05, 4.69) is 9.72 Å². The zero-order valence-electron chi connectivity index (χ0n) is 8.04. The quantitative estimate of drug-likeness (QED) is 0.368. The molecule has 0 amide bonds. The summed E-state index contributed by atoms with van der Waals surface area (Å²) in [5.41, 5.74) is -3.67. The molecule has 0 aliphatic rings. The molecule has 0 unspecified atom stereocenters. The van der Waals surface area contributed by atoms with Gasteiger partial charge >= 0.3 is 12.0 Å². The Hall–Kier alpha value is -2.07. The first-order valence-electron chi connectivity index (χ1n) is 4.00. The maximum Gasteiger partial charge on any atom is 0.573 e. The predicted octanol–water partition coefficient (Wildman–Crippen LogP) is 2.97. The topological polar surface area (TPSA) is 65.3 Å². The Labute approximate surface area is 94.1 Å². The van der Waals surface area contributed by atoms with Crippen LogP contribution in [-0.2, 0) is 0 Å². The minimum absolute atomic E-state index is 0.00266. The average Bonchev–Trinajstić information content (AvgIpc) is 2.17. The first kappa shape index (κ1) is 14.0. The number of aromatic nitrogens is 1. The van der Waals surface area contributed by atoms with Crippen molar-refractivity contribution in [1.82, 2.24) is 4.98 Å². The molecule has 0 aromatic carbocycles. The van der Waals surface area contributed by atoms with Crippen LogP contribution in [0.1, 0.15) is 12.0 Å². The molecule has 0 saturated carbocycles. The zero-order valence-corrected chi connectivity index (χ0v) is 8.04. The summed E-state index contributed by atoms with van der Waals surface area (Å²) < 4.78 is 76.5. The molecule has 100 valence electrons. The highest BCUT2D eigenvalue weighted by Crippen LogP contribution is 2.39. The van der Waals surface area contributed by atoms with Crippen molar-refractivity contribution in [3.63, 3.8) is 0 Å². The van der Waals surface area contributed by atoms with Gasteiger partial charge in [0.15, 0.2) is 5.75 Å². The van der Waals surface area contributed by atoms with E-state index < -0.39 is 40.7 Å². The molecule has 5 nitrogen and oxygen atoms in total. The fourth-order valence-electron chi connectivity index (χ4n) is 1.06. The second-order valence-corrected chi connectivity index (χ2v) is 2.78. The van der Waals surface area contributed by atoms with Gasteiger partial charge in [-0.05, 0) is 0 Å². The van der Waals surface area contributed by atoms with Gasteiger partial charge in [-0.2, -0.15) is 4.39 Å². The molecule has 0 atom stereocenters. The zero-order chi connectivity index (χ0) is 14.1. The second-order valence-electron chi connectivity index (χ2n) is 2.78. The lowest BCUT2D eigenvalue weighted by Gasteiger charge is -2.12. The summed E-state index contributed by atoms with van der Waals surface area (Å²) in [5, 5.41) is 10.3. The number of alkyl halides is 5. The van der Waals surface area contributed by atoms with Gasteiger partial charge in [-0.3, -0.25) is 10.1 Å². The molecule has 0 fully saturated rings. The van der Waals surface area contributed by atoms with Crippen molar-refractivity contribution in [3.05, 3.63) is 27.8 Å². The monoisotopic (exact) mass is 276 g/mol. The first-order chi connectivity index (χ1) is 8.13. The Morgan fingerprint density at radius 1 is 1.39 bits per heavy atom. The Morgan fingerprint density at radius 3 is 2.33 bits per heavy atom. The highest BCUT2D eigenvalue weighted by molar-refractivity contribution is 5.48. The van der Waals surface area contributed by atoms with Crippen molar-refractivity contribution in [2.45, 2.75) is 12.8 Å². The third-order valence-corrected chi connectivity index (χ3v) is 1.64. The molecule has 1 aromatic heterocycles. The van der Waals surface area contributed by atoms with Gasteiger partial charge in [0.2, 0.25) is 0 Å². The van der Waals surface area contributed by atoms with Crippen LogP contribution in [-0.4, -0.2) is 16.3 Å². The van der Waals surface area contributed by atoms with Crippen LogP contribution in [0.3, 0.4) is 0 Å². The summed E-state index contributed by atoms with van der Waals surface area (Å²) in [6, 6.07) is 0. The Kier molecular flexibility index (Phi) is 3.62. The maximum absolute atomic E-state index is 12.9. The standard InChI is InChI=1S/C7H2F6N2O3/c8-5(9)3-2(18-7(11,12)13)1-14-6(10)4(3)15(16)17/h1,5H. The van der Waals surface area contributed by atoms with E-state index in [9.17, 15) is 36.5 Å². The minimum Gasteiger partial charge on any atom is -0.403 e. The molecule has 0 spiro atoms. The van der Waals surface area contributed by atoms with Crippen molar-refractivity contribution < 1.29 is 36.0 Å². The molecule has 11 heteroatoms. The van der Waals surface area contributed by atoms with Crippen LogP contribution in [0, 0.1) is 16.1 Å². The minimum atomic E-state index is -5.36. The van der Waals surface area contributed by atoms with Crippen molar-refractivity contribution in [1.29, 1.82) is 0 Å². The molecule has 0 saturated heterocycles. The fourth-order valence-corrected chi connectivity index (χ4v) is 1.06. The summed E-state index contributed by atoms with van der Waals surface area (Å²) in [4.78, 5) is 11.3. The summed E-state index contributed by atoms with van der Waals surface area (Å²) >= 11 is 0. The molecule has 0 radical (unpaired) electrons. The van der Waals surface area contributed by atoms with Crippen LogP contribution in [0.25, 0.3) is 0 Å². The number of hydrogen-bond acceptors (Lipinski definition) is 4. The number of rotatable bonds is 3. The number of nitrogens with zero attached hydrogens (tertiary/aromatic N) is 2. The number of hydrogen-bond donors (Lipinski definition) is 0. The largest absolute Gasteiger partial charge is 0.573 e. The summed E-state index contributed by atoms with van der Waals surface area (Å²) in [7, 11) is 0. The number of halogens is 6. The molecule has 1 rings (SSSR count). The van der Waals surface area contributed by atoms with E-state index in [1.165, 1.54) is 0 Å². The van der Waals surface area contributed by atoms with E-state index in [0.29, 0.717) is 0 Å². The van der Waals surface area contributed by atoms with E-state index in [1.54, 1.807) is 0 Å². The van der Waals surface area contributed by atoms with Crippen LogP contribution in [0.2, 0.25) is 0 Å². The van der Waals surface area contributed by atoms with Crippen molar-refractivity contribution in [3.8, 4) is 5.75 Å². The molecular formula is C7H2F6N2O3. The van der Waals surface area contributed by atoms with Crippen LogP contribution < -0.4 is 4.74 Å². The van der Waals surface area contributed by atoms with E-state index >= 15 is 0 Å². The van der Waals surface area contributed by atoms with Gasteiger partial charge in [0.25, 0.3) is 12.4 Å². The van der Waals surface area contributed by atoms with Crippen LogP contribution in [0.4, 0.5) is 32.0 Å². The maximum atomic E-state index is 12.9. The second kappa shape index (κ2) is 4.66. The third-order valence-electron chi connectivity index (χ3n) is 1.64. The van der Waals surface area contributed by atoms with Gasteiger partial charge in [0, 0.05) is 0 Å². The smallest absolute Gasteiger partial charge is 0.403 e. The normalized spacial score (nSPS) is 11.7. The lowest BCUT2D eigenvalue weighted by molar-refractivity contribution is -0.389. The summed E-state index contributed by atoms with van der Waals surface area (Å²) in [6.07, 6.45) is -9.10. The SMILES string of the molecule is O=[N+]([O-])c1c(F)ncc(OC(F)(F)F)c1C(F)F. The lowest BCUT2D eigenvalue weighted by Crippen LogP contribution is -2.19. The first-order valence-corrected chi connectivity index (χ1v) is 4.00. The van der Waals surface area contributed by atoms with E-state index in [0.717, 1.165) is 0 Å². The third kappa shape index (κ3) is 2.99. The van der Waals surface area contributed by atoms with Gasteiger partial charge < -0.3 is 4.74 Å². The molecule has 0 N–H and O–H groups in total. The van der Waals surface area contributed by atoms with Gasteiger partial charge in [0.05, 0.1) is 11.1 Å². The molecule has 1 aromatic rings. The van der Waals surface area contributed by atoms with Crippen LogP contribution in [0.5, 0.6) is 5.75 Å². The van der Waals surface area contributed by atoms with E-state index in [-0.39, 0.29) is 6.20 Å². The highest BCUT2D eigenvalue weighted by atomic mass is 19.4. The van der Waals surface area contributed by atoms with Gasteiger partial charge in [0.1, 0.15) is 5.56 Å². The predicted molar refractivity (Wildman–Crippen MR) is 42.5 cm³/mol. The Bertz CT molecular complexity index is 475. The number of ether oxygens (including phenoxy) is 1. The van der Waals surface area contributed by atoms with Gasteiger partial charge in [-0.1, -0.05) is 0 Å². The Morgan fingerprint density at radius 2 is 1.94 bits per heavy atom. The Balaban J connectivity index is 3.44. The molecule has 18 heavy (non-hydrogen) atoms. The van der Waals surface area contributed by atoms with Gasteiger partial charge in [-0.15, -0.1) is 13.2 Å². The van der Waals surface area contributed by atoms with Crippen molar-refractivity contribution in [2.75, 3.05) is 0 Å². The van der Waals surface area contributed by atoms with Crippen LogP contribution >= 0.6 is 0 Å². The molecule has 0 aliphatic carbocycles. The number of pyridine rings is 1. The van der Waals surface area contributed by atoms with Crippen LogP contribution in [0.15, 0.2) is 6.20 Å². The van der Waals surface area contributed by atoms with Crippen molar-refractivity contribution >= 4 is 5.69 Å². The average molecular weight is 276 g/mol. The fraction of sp³-hybridized carbons (Fsp3) is 0.286. The number of nitro groups is 1. The van der Waals surface area contributed by atoms with Gasteiger partial charge in [-0.25, -0.2) is 13.8 Å².